The summed E-state index contributed by atoms with van der Waals surface area (Å²) in [6.07, 6.45) is 3.26. The zero-order chi connectivity index (χ0) is 18.0. The molecule has 0 spiro atoms. The molecule has 134 valence electrons. The van der Waals surface area contributed by atoms with Gasteiger partial charge in [-0.25, -0.2) is 0 Å². The van der Waals surface area contributed by atoms with E-state index < -0.39 is 0 Å². The van der Waals surface area contributed by atoms with Gasteiger partial charge in [0.2, 0.25) is 0 Å². The molecule has 0 atom stereocenters. The van der Waals surface area contributed by atoms with E-state index >= 15 is 0 Å². The molecule has 1 N–H and O–H groups in total. The first-order valence-electron chi connectivity index (χ1n) is 9.39. The Labute approximate surface area is 152 Å². The molecule has 1 aromatic carbocycles. The number of fused-ring (bicyclic) bond motifs is 2. The second-order valence-electron chi connectivity index (χ2n) is 7.76. The van der Waals surface area contributed by atoms with Crippen LogP contribution in [0.1, 0.15) is 63.0 Å². The summed E-state index contributed by atoms with van der Waals surface area (Å²) in [5, 5.41) is 8.73. The predicted molar refractivity (Wildman–Crippen MR) is 99.4 cm³/mol. The van der Waals surface area contributed by atoms with Crippen molar-refractivity contribution in [2.75, 3.05) is 6.54 Å². The lowest BCUT2D eigenvalue weighted by Crippen LogP contribution is -2.36. The molecule has 5 heteroatoms. The Hall–Kier alpha value is -2.56. The molecule has 0 radical (unpaired) electrons. The van der Waals surface area contributed by atoms with Crippen LogP contribution in [-0.2, 0) is 13.0 Å². The molecule has 1 aliphatic heterocycles. The van der Waals surface area contributed by atoms with Crippen molar-refractivity contribution in [1.82, 2.24) is 15.1 Å². The van der Waals surface area contributed by atoms with Gasteiger partial charge in [0.15, 0.2) is 5.76 Å². The van der Waals surface area contributed by atoms with Crippen LogP contribution in [0, 0.1) is 20.8 Å². The van der Waals surface area contributed by atoms with Gasteiger partial charge in [0.05, 0.1) is 5.69 Å². The maximum Gasteiger partial charge on any atom is 0.290 e. The van der Waals surface area contributed by atoms with Gasteiger partial charge in [-0.3, -0.25) is 9.89 Å². The number of hydrogen-bond acceptors (Lipinski definition) is 3. The number of benzene rings is 1. The Morgan fingerprint density at radius 3 is 2.81 bits per heavy atom. The first kappa shape index (κ1) is 15.7. The summed E-state index contributed by atoms with van der Waals surface area (Å²) in [6.45, 7) is 7.43. The molecule has 5 rings (SSSR count). The normalized spacial score (nSPS) is 17.0. The molecule has 1 saturated carbocycles. The van der Waals surface area contributed by atoms with E-state index in [1.54, 1.807) is 0 Å². The average molecular weight is 349 g/mol. The second-order valence-corrected chi connectivity index (χ2v) is 7.76. The summed E-state index contributed by atoms with van der Waals surface area (Å²) in [4.78, 5) is 15.1. The van der Waals surface area contributed by atoms with E-state index in [1.165, 1.54) is 35.4 Å². The van der Waals surface area contributed by atoms with E-state index in [1.807, 2.05) is 11.8 Å². The Bertz CT molecular complexity index is 1040. The van der Waals surface area contributed by atoms with Crippen LogP contribution in [0.2, 0.25) is 0 Å². The average Bonchev–Trinajstić information content (AvgIpc) is 3.31. The van der Waals surface area contributed by atoms with Crippen LogP contribution in [0.4, 0.5) is 0 Å². The van der Waals surface area contributed by atoms with Crippen molar-refractivity contribution in [3.05, 3.63) is 51.5 Å². The van der Waals surface area contributed by atoms with Gasteiger partial charge in [0, 0.05) is 47.6 Å². The Kier molecular flexibility index (Phi) is 3.30. The van der Waals surface area contributed by atoms with E-state index in [9.17, 15) is 4.79 Å². The zero-order valence-corrected chi connectivity index (χ0v) is 15.5. The number of H-pyrrole nitrogens is 1. The minimum absolute atomic E-state index is 0.00986. The molecule has 1 aliphatic carbocycles. The highest BCUT2D eigenvalue weighted by Gasteiger charge is 2.34. The van der Waals surface area contributed by atoms with E-state index in [-0.39, 0.29) is 5.91 Å². The van der Waals surface area contributed by atoms with Gasteiger partial charge in [-0.15, -0.1) is 0 Å². The number of amides is 1. The van der Waals surface area contributed by atoms with Crippen LogP contribution >= 0.6 is 0 Å². The number of aromatic nitrogens is 2. The number of nitrogens with zero attached hydrogens (tertiary/aromatic N) is 2. The fourth-order valence-electron chi connectivity index (χ4n) is 4.05. The highest BCUT2D eigenvalue weighted by Crippen LogP contribution is 2.42. The second kappa shape index (κ2) is 5.47. The first-order valence-corrected chi connectivity index (χ1v) is 9.39. The van der Waals surface area contributed by atoms with E-state index in [0.29, 0.717) is 24.8 Å². The third-order valence-electron chi connectivity index (χ3n) is 6.04. The van der Waals surface area contributed by atoms with Gasteiger partial charge < -0.3 is 9.32 Å². The largest absolute Gasteiger partial charge is 0.450 e. The molecule has 1 amide bonds. The lowest BCUT2D eigenvalue weighted by molar-refractivity contribution is 0.0703. The van der Waals surface area contributed by atoms with Crippen molar-refractivity contribution in [1.29, 1.82) is 0 Å². The Balaban J connectivity index is 1.50. The smallest absolute Gasteiger partial charge is 0.290 e. The van der Waals surface area contributed by atoms with E-state index in [2.05, 4.69) is 36.2 Å². The van der Waals surface area contributed by atoms with Gasteiger partial charge in [0.25, 0.3) is 5.91 Å². The number of aryl methyl sites for hydroxylation is 3. The first-order chi connectivity index (χ1) is 12.5. The number of carbonyl (C=O) groups is 1. The van der Waals surface area contributed by atoms with Crippen molar-refractivity contribution in [3.8, 4) is 0 Å². The monoisotopic (exact) mass is 349 g/mol. The molecule has 2 aliphatic rings. The van der Waals surface area contributed by atoms with Crippen molar-refractivity contribution < 1.29 is 9.21 Å². The summed E-state index contributed by atoms with van der Waals surface area (Å²) in [5.74, 6) is 1.06. The van der Waals surface area contributed by atoms with Gasteiger partial charge in [-0.2, -0.15) is 5.10 Å². The van der Waals surface area contributed by atoms with Crippen molar-refractivity contribution in [2.24, 2.45) is 0 Å². The fraction of sp³-hybridized carbons (Fsp3) is 0.429. The van der Waals surface area contributed by atoms with Crippen LogP contribution in [0.15, 0.2) is 16.5 Å². The van der Waals surface area contributed by atoms with Gasteiger partial charge in [0.1, 0.15) is 5.58 Å². The molecule has 1 fully saturated rings. The van der Waals surface area contributed by atoms with Crippen molar-refractivity contribution >= 4 is 16.9 Å². The number of furan rings is 1. The third-order valence-corrected chi connectivity index (χ3v) is 6.04. The molecule has 5 nitrogen and oxygen atoms in total. The molecule has 0 saturated heterocycles. The quantitative estimate of drug-likeness (QED) is 0.756. The van der Waals surface area contributed by atoms with E-state index in [4.69, 9.17) is 4.42 Å². The number of rotatable bonds is 2. The number of aromatic amines is 1. The molecule has 0 bridgehead atoms. The lowest BCUT2D eigenvalue weighted by atomic mass is 10.0. The summed E-state index contributed by atoms with van der Waals surface area (Å²) in [7, 11) is 0. The Morgan fingerprint density at radius 2 is 2.04 bits per heavy atom. The summed E-state index contributed by atoms with van der Waals surface area (Å²) in [6, 6.07) is 4.15. The number of hydrogen-bond donors (Lipinski definition) is 1. The van der Waals surface area contributed by atoms with Gasteiger partial charge >= 0.3 is 0 Å². The maximum absolute atomic E-state index is 13.2. The minimum Gasteiger partial charge on any atom is -0.450 e. The van der Waals surface area contributed by atoms with Crippen LogP contribution in [-0.4, -0.2) is 27.5 Å². The molecule has 3 heterocycles. The SMILES string of the molecule is Cc1ccc2c(C)c(C(=O)N3CCc4[nH]nc(C5CC5)c4C3)oc2c1C. The fourth-order valence-corrected chi connectivity index (χ4v) is 4.05. The number of nitrogens with one attached hydrogen (secondary N) is 1. The lowest BCUT2D eigenvalue weighted by Gasteiger charge is -2.26. The van der Waals surface area contributed by atoms with E-state index in [0.717, 1.165) is 28.5 Å². The van der Waals surface area contributed by atoms with Gasteiger partial charge in [-0.05, 0) is 44.7 Å². The molecular weight excluding hydrogens is 326 g/mol. The summed E-state index contributed by atoms with van der Waals surface area (Å²) < 4.78 is 6.07. The number of carbonyl (C=O) groups excluding carboxylic acids is 1. The Morgan fingerprint density at radius 1 is 1.23 bits per heavy atom. The molecular formula is C21H23N3O2. The zero-order valence-electron chi connectivity index (χ0n) is 15.5. The topological polar surface area (TPSA) is 62.1 Å². The molecule has 3 aromatic rings. The third kappa shape index (κ3) is 2.23. The van der Waals surface area contributed by atoms with Crippen LogP contribution < -0.4 is 0 Å². The minimum atomic E-state index is -0.00986. The standard InChI is InChI=1S/C21H23N3O2/c1-11-4-7-15-13(3)20(26-19(15)12(11)2)21(25)24-9-8-17-16(10-24)18(23-22-17)14-5-6-14/h4,7,14H,5-6,8-10H2,1-3H3,(H,22,23). The molecule has 0 unspecified atom stereocenters. The van der Waals surface area contributed by atoms with Crippen LogP contribution in [0.5, 0.6) is 0 Å². The highest BCUT2D eigenvalue weighted by atomic mass is 16.3. The molecule has 2 aromatic heterocycles. The van der Waals surface area contributed by atoms with Gasteiger partial charge in [-0.1, -0.05) is 12.1 Å². The van der Waals surface area contributed by atoms with Crippen LogP contribution in [0.3, 0.4) is 0 Å². The van der Waals surface area contributed by atoms with Crippen molar-refractivity contribution in [3.63, 3.8) is 0 Å². The summed E-state index contributed by atoms with van der Waals surface area (Å²) in [5.41, 5.74) is 7.66. The molecule has 26 heavy (non-hydrogen) atoms. The maximum atomic E-state index is 13.2. The van der Waals surface area contributed by atoms with Crippen molar-refractivity contribution in [2.45, 2.75) is 52.5 Å². The highest BCUT2D eigenvalue weighted by molar-refractivity contribution is 5.99. The van der Waals surface area contributed by atoms with Crippen LogP contribution in [0.25, 0.3) is 11.0 Å². The summed E-state index contributed by atoms with van der Waals surface area (Å²) >= 11 is 0. The predicted octanol–water partition coefficient (Wildman–Crippen LogP) is 4.16.